The van der Waals surface area contributed by atoms with Crippen molar-refractivity contribution in [3.8, 4) is 6.07 Å². The average molecular weight is 322 g/mol. The number of nitrogens with one attached hydrogen (secondary N) is 1. The molecule has 0 spiro atoms. The molecule has 1 N–H and O–H groups in total. The Morgan fingerprint density at radius 3 is 2.23 bits per heavy atom. The van der Waals surface area contributed by atoms with Gasteiger partial charge in [0.2, 0.25) is 5.91 Å². The van der Waals surface area contributed by atoms with E-state index in [1.807, 2.05) is 30.3 Å². The van der Waals surface area contributed by atoms with Crippen LogP contribution < -0.4 is 5.32 Å². The van der Waals surface area contributed by atoms with Crippen LogP contribution >= 0.6 is 0 Å². The quantitative estimate of drug-likeness (QED) is 0.899. The Balaban J connectivity index is 2.76. The Morgan fingerprint density at radius 2 is 1.82 bits per heavy atom. The number of amides is 1. The highest BCUT2D eigenvalue weighted by molar-refractivity contribution is 7.90. The zero-order valence-corrected chi connectivity index (χ0v) is 14.2. The molecular weight excluding hydrogens is 300 g/mol. The Bertz CT molecular complexity index is 665. The van der Waals surface area contributed by atoms with Crippen LogP contribution in [0.3, 0.4) is 0 Å². The SMILES string of the molecule is CC(C)(C)c1ccc([C@H](C#N)NC(=O)CCS(C)(=O)=O)cc1. The summed E-state index contributed by atoms with van der Waals surface area (Å²) < 4.78 is 22.1. The van der Waals surface area contributed by atoms with Crippen molar-refractivity contribution < 1.29 is 13.2 Å². The molecule has 0 aliphatic carbocycles. The van der Waals surface area contributed by atoms with E-state index < -0.39 is 21.8 Å². The summed E-state index contributed by atoms with van der Waals surface area (Å²) in [4.78, 5) is 11.7. The number of nitrogens with zero attached hydrogens (tertiary/aromatic N) is 1. The van der Waals surface area contributed by atoms with Crippen LogP contribution in [0.5, 0.6) is 0 Å². The Morgan fingerprint density at radius 1 is 1.27 bits per heavy atom. The van der Waals surface area contributed by atoms with Crippen molar-refractivity contribution in [3.05, 3.63) is 35.4 Å². The van der Waals surface area contributed by atoms with E-state index in [-0.39, 0.29) is 17.6 Å². The van der Waals surface area contributed by atoms with Crippen molar-refractivity contribution in [3.63, 3.8) is 0 Å². The molecule has 1 aromatic rings. The van der Waals surface area contributed by atoms with Gasteiger partial charge in [-0.05, 0) is 16.5 Å². The molecule has 6 heteroatoms. The van der Waals surface area contributed by atoms with E-state index in [0.29, 0.717) is 5.56 Å². The van der Waals surface area contributed by atoms with Gasteiger partial charge in [0.1, 0.15) is 15.9 Å². The van der Waals surface area contributed by atoms with Gasteiger partial charge in [0.05, 0.1) is 11.8 Å². The standard InChI is InChI=1S/C16H22N2O3S/c1-16(2,3)13-7-5-12(6-8-13)14(11-17)18-15(19)9-10-22(4,20)21/h5-8,14H,9-10H2,1-4H3,(H,18,19)/t14-/m0/s1. The molecule has 1 aromatic carbocycles. The monoisotopic (exact) mass is 322 g/mol. The molecule has 0 unspecified atom stereocenters. The number of rotatable bonds is 5. The van der Waals surface area contributed by atoms with Crippen molar-refractivity contribution in [2.75, 3.05) is 12.0 Å². The number of nitriles is 1. The molecule has 1 amide bonds. The van der Waals surface area contributed by atoms with Crippen LogP contribution in [0, 0.1) is 11.3 Å². The Kier molecular flexibility index (Phi) is 5.72. The second-order valence-corrected chi connectivity index (χ2v) is 8.64. The summed E-state index contributed by atoms with van der Waals surface area (Å²) in [6.45, 7) is 6.28. The first kappa shape index (κ1) is 18.2. The lowest BCUT2D eigenvalue weighted by Gasteiger charge is -2.20. The molecule has 120 valence electrons. The van der Waals surface area contributed by atoms with Gasteiger partial charge in [-0.1, -0.05) is 45.0 Å². The van der Waals surface area contributed by atoms with Crippen LogP contribution in [0.2, 0.25) is 0 Å². The molecule has 0 aromatic heterocycles. The normalized spacial score (nSPS) is 13.2. The molecule has 0 radical (unpaired) electrons. The van der Waals surface area contributed by atoms with Gasteiger partial charge in [0.25, 0.3) is 0 Å². The molecular formula is C16H22N2O3S. The van der Waals surface area contributed by atoms with Gasteiger partial charge in [-0.25, -0.2) is 8.42 Å². The average Bonchev–Trinajstić information content (AvgIpc) is 2.41. The lowest BCUT2D eigenvalue weighted by molar-refractivity contribution is -0.121. The first-order valence-electron chi connectivity index (χ1n) is 7.00. The lowest BCUT2D eigenvalue weighted by Crippen LogP contribution is -2.29. The molecule has 22 heavy (non-hydrogen) atoms. The van der Waals surface area contributed by atoms with E-state index >= 15 is 0 Å². The molecule has 0 fully saturated rings. The molecule has 0 heterocycles. The van der Waals surface area contributed by atoms with Crippen molar-refractivity contribution in [2.24, 2.45) is 0 Å². The van der Waals surface area contributed by atoms with Crippen molar-refractivity contribution in [2.45, 2.75) is 38.6 Å². The van der Waals surface area contributed by atoms with Crippen LogP contribution in [0.15, 0.2) is 24.3 Å². The molecule has 1 atom stereocenters. The largest absolute Gasteiger partial charge is 0.337 e. The van der Waals surface area contributed by atoms with Crippen LogP contribution in [0.4, 0.5) is 0 Å². The maximum atomic E-state index is 11.7. The fourth-order valence-corrected chi connectivity index (χ4v) is 2.43. The summed E-state index contributed by atoms with van der Waals surface area (Å²) in [6.07, 6.45) is 0.935. The van der Waals surface area contributed by atoms with Gasteiger partial charge in [-0.2, -0.15) is 5.26 Å². The topological polar surface area (TPSA) is 87.0 Å². The zero-order chi connectivity index (χ0) is 17.0. The van der Waals surface area contributed by atoms with Crippen molar-refractivity contribution >= 4 is 15.7 Å². The number of carbonyl (C=O) groups excluding carboxylic acids is 1. The van der Waals surface area contributed by atoms with E-state index in [4.69, 9.17) is 0 Å². The lowest BCUT2D eigenvalue weighted by atomic mass is 9.86. The molecule has 0 bridgehead atoms. The predicted octanol–water partition coefficient (Wildman–Crippen LogP) is 2.10. The van der Waals surface area contributed by atoms with Gasteiger partial charge in [0, 0.05) is 12.7 Å². The summed E-state index contributed by atoms with van der Waals surface area (Å²) in [6, 6.07) is 8.73. The summed E-state index contributed by atoms with van der Waals surface area (Å²) in [5.74, 6) is -0.670. The predicted molar refractivity (Wildman–Crippen MR) is 86.0 cm³/mol. The number of benzene rings is 1. The Hall–Kier alpha value is -1.87. The number of hydrogen-bond acceptors (Lipinski definition) is 4. The van der Waals surface area contributed by atoms with Crippen LogP contribution in [-0.4, -0.2) is 26.3 Å². The smallest absolute Gasteiger partial charge is 0.222 e. The van der Waals surface area contributed by atoms with E-state index in [1.54, 1.807) is 0 Å². The molecule has 0 saturated carbocycles. The minimum absolute atomic E-state index is 0.0133. The Labute approximate surface area is 132 Å². The van der Waals surface area contributed by atoms with Crippen LogP contribution in [-0.2, 0) is 20.0 Å². The van der Waals surface area contributed by atoms with Gasteiger partial charge in [0.15, 0.2) is 0 Å². The third-order valence-corrected chi connectivity index (χ3v) is 4.19. The number of carbonyl (C=O) groups is 1. The summed E-state index contributed by atoms with van der Waals surface area (Å²) in [5.41, 5.74) is 1.83. The first-order valence-corrected chi connectivity index (χ1v) is 9.06. The zero-order valence-electron chi connectivity index (χ0n) is 13.4. The van der Waals surface area contributed by atoms with E-state index in [2.05, 4.69) is 26.1 Å². The third kappa shape index (κ3) is 5.86. The molecule has 1 rings (SSSR count). The highest BCUT2D eigenvalue weighted by Crippen LogP contribution is 2.23. The summed E-state index contributed by atoms with van der Waals surface area (Å²) in [7, 11) is -3.19. The van der Waals surface area contributed by atoms with Crippen LogP contribution in [0.1, 0.15) is 44.4 Å². The highest BCUT2D eigenvalue weighted by atomic mass is 32.2. The van der Waals surface area contributed by atoms with Crippen LogP contribution in [0.25, 0.3) is 0 Å². The number of hydrogen-bond donors (Lipinski definition) is 1. The van der Waals surface area contributed by atoms with E-state index in [1.165, 1.54) is 0 Å². The second kappa shape index (κ2) is 6.93. The minimum atomic E-state index is -3.19. The van der Waals surface area contributed by atoms with Gasteiger partial charge >= 0.3 is 0 Å². The first-order chi connectivity index (χ1) is 10.0. The summed E-state index contributed by atoms with van der Waals surface area (Å²) in [5, 5.41) is 11.8. The molecule has 0 aliphatic rings. The van der Waals surface area contributed by atoms with Gasteiger partial charge in [-0.3, -0.25) is 4.79 Å². The van der Waals surface area contributed by atoms with E-state index in [0.717, 1.165) is 11.8 Å². The highest BCUT2D eigenvalue weighted by Gasteiger charge is 2.17. The van der Waals surface area contributed by atoms with Crippen molar-refractivity contribution in [1.82, 2.24) is 5.32 Å². The van der Waals surface area contributed by atoms with Crippen molar-refractivity contribution in [1.29, 1.82) is 5.26 Å². The third-order valence-electron chi connectivity index (χ3n) is 3.24. The molecule has 0 saturated heterocycles. The fraction of sp³-hybridized carbons (Fsp3) is 0.500. The molecule has 0 aliphatic heterocycles. The van der Waals surface area contributed by atoms with E-state index in [9.17, 15) is 18.5 Å². The van der Waals surface area contributed by atoms with Gasteiger partial charge < -0.3 is 5.32 Å². The maximum absolute atomic E-state index is 11.7. The maximum Gasteiger partial charge on any atom is 0.222 e. The van der Waals surface area contributed by atoms with Gasteiger partial charge in [-0.15, -0.1) is 0 Å². The minimum Gasteiger partial charge on any atom is -0.337 e. The second-order valence-electron chi connectivity index (χ2n) is 6.38. The fourth-order valence-electron chi connectivity index (χ4n) is 1.88. The molecule has 5 nitrogen and oxygen atoms in total. The number of sulfone groups is 1. The summed E-state index contributed by atoms with van der Waals surface area (Å²) >= 11 is 0.